The molecule has 0 atom stereocenters. The van der Waals surface area contributed by atoms with Crippen LogP contribution >= 0.6 is 0 Å². The van der Waals surface area contributed by atoms with Crippen LogP contribution in [0.25, 0.3) is 28.2 Å². The average Bonchev–Trinajstić information content (AvgIpc) is 3.30. The number of hydrogen-bond donors (Lipinski definition) is 0. The summed E-state index contributed by atoms with van der Waals surface area (Å²) in [5.74, 6) is -1.38. The second kappa shape index (κ2) is 6.84. The van der Waals surface area contributed by atoms with Gasteiger partial charge < -0.3 is 9.09 Å². The highest BCUT2D eigenvalue weighted by Crippen LogP contribution is 2.34. The lowest BCUT2D eigenvalue weighted by atomic mass is 10.0. The summed E-state index contributed by atoms with van der Waals surface area (Å²) in [7, 11) is 0. The van der Waals surface area contributed by atoms with Crippen molar-refractivity contribution in [2.24, 2.45) is 0 Å². The van der Waals surface area contributed by atoms with Crippen LogP contribution in [0, 0.1) is 18.6 Å². The number of carbonyl (C=O) groups excluding carboxylic acids is 1. The molecule has 2 aromatic heterocycles. The van der Waals surface area contributed by atoms with E-state index >= 15 is 0 Å². The zero-order chi connectivity index (χ0) is 19.8. The van der Waals surface area contributed by atoms with Gasteiger partial charge in [-0.3, -0.25) is 4.79 Å². The Morgan fingerprint density at radius 2 is 1.82 bits per heavy atom. The van der Waals surface area contributed by atoms with Gasteiger partial charge in [-0.05, 0) is 56.3 Å². The van der Waals surface area contributed by atoms with Crippen molar-refractivity contribution in [1.29, 1.82) is 0 Å². The standard InChI is InChI=1S/C21H15F2N3O2/c1-12(27)14-3-6-16(7-4-14)26-10-19(24-11-26)20-13(2)28-25-21(20)15-5-8-17(22)18(23)9-15/h3-11H,1-2H3. The molecule has 0 saturated heterocycles. The molecule has 2 heterocycles. The highest BCUT2D eigenvalue weighted by atomic mass is 19.2. The molecule has 0 fully saturated rings. The van der Waals surface area contributed by atoms with Gasteiger partial charge in [-0.25, -0.2) is 13.8 Å². The third-order valence-corrected chi connectivity index (χ3v) is 4.47. The van der Waals surface area contributed by atoms with E-state index in [1.165, 1.54) is 13.0 Å². The molecule has 0 saturated carbocycles. The number of Topliss-reactive ketones (excluding diaryl/α,β-unsaturated/α-hetero) is 1. The van der Waals surface area contributed by atoms with Gasteiger partial charge in [-0.1, -0.05) is 5.16 Å². The summed E-state index contributed by atoms with van der Waals surface area (Å²) in [4.78, 5) is 15.8. The van der Waals surface area contributed by atoms with Crippen molar-refractivity contribution in [3.63, 3.8) is 0 Å². The molecule has 0 radical (unpaired) electrons. The maximum atomic E-state index is 13.6. The Bertz CT molecular complexity index is 1180. The minimum absolute atomic E-state index is 0.00543. The molecule has 0 bridgehead atoms. The van der Waals surface area contributed by atoms with Crippen LogP contribution in [0.15, 0.2) is 59.5 Å². The molecule has 0 aliphatic heterocycles. The number of hydrogen-bond acceptors (Lipinski definition) is 4. The fourth-order valence-corrected chi connectivity index (χ4v) is 2.98. The van der Waals surface area contributed by atoms with Crippen LogP contribution in [0.4, 0.5) is 8.78 Å². The van der Waals surface area contributed by atoms with Crippen molar-refractivity contribution in [2.75, 3.05) is 0 Å². The van der Waals surface area contributed by atoms with Gasteiger partial charge in [0, 0.05) is 23.0 Å². The van der Waals surface area contributed by atoms with Crippen LogP contribution in [-0.2, 0) is 0 Å². The monoisotopic (exact) mass is 379 g/mol. The first-order valence-corrected chi connectivity index (χ1v) is 8.51. The Balaban J connectivity index is 1.74. The Kier molecular flexibility index (Phi) is 4.35. The maximum absolute atomic E-state index is 13.6. The predicted molar refractivity (Wildman–Crippen MR) is 99.2 cm³/mol. The van der Waals surface area contributed by atoms with Crippen molar-refractivity contribution < 1.29 is 18.1 Å². The SMILES string of the molecule is CC(=O)c1ccc(-n2cnc(-c3c(-c4ccc(F)c(F)c4)noc3C)c2)cc1. The van der Waals surface area contributed by atoms with Crippen molar-refractivity contribution in [1.82, 2.24) is 14.7 Å². The van der Waals surface area contributed by atoms with Crippen LogP contribution in [0.5, 0.6) is 0 Å². The number of carbonyl (C=O) groups is 1. The van der Waals surface area contributed by atoms with Gasteiger partial charge >= 0.3 is 0 Å². The lowest BCUT2D eigenvalue weighted by Gasteiger charge is -2.03. The molecular weight excluding hydrogens is 364 g/mol. The molecule has 0 aliphatic rings. The number of aromatic nitrogens is 3. The van der Waals surface area contributed by atoms with Gasteiger partial charge in [0.25, 0.3) is 0 Å². The topological polar surface area (TPSA) is 60.9 Å². The van der Waals surface area contributed by atoms with Gasteiger partial charge in [0.05, 0.1) is 17.6 Å². The van der Waals surface area contributed by atoms with Crippen LogP contribution in [0.3, 0.4) is 0 Å². The second-order valence-electron chi connectivity index (χ2n) is 6.36. The molecule has 7 heteroatoms. The van der Waals surface area contributed by atoms with E-state index in [0.717, 1.165) is 17.8 Å². The maximum Gasteiger partial charge on any atom is 0.159 e. The molecule has 0 aliphatic carbocycles. The minimum atomic E-state index is -0.958. The fraction of sp³-hybridized carbons (Fsp3) is 0.0952. The van der Waals surface area contributed by atoms with Gasteiger partial charge in [-0.15, -0.1) is 0 Å². The summed E-state index contributed by atoms with van der Waals surface area (Å²) in [5.41, 5.74) is 3.41. The molecule has 4 aromatic rings. The van der Waals surface area contributed by atoms with E-state index in [0.29, 0.717) is 33.8 Å². The van der Waals surface area contributed by atoms with Crippen molar-refractivity contribution in [2.45, 2.75) is 13.8 Å². The second-order valence-corrected chi connectivity index (χ2v) is 6.36. The van der Waals surface area contributed by atoms with Gasteiger partial charge in [0.1, 0.15) is 11.5 Å². The normalized spacial score (nSPS) is 11.0. The number of nitrogens with zero attached hydrogens (tertiary/aromatic N) is 3. The van der Waals surface area contributed by atoms with Crippen molar-refractivity contribution in [3.8, 4) is 28.2 Å². The molecule has 4 rings (SSSR count). The number of benzene rings is 2. The van der Waals surface area contributed by atoms with Crippen molar-refractivity contribution in [3.05, 3.63) is 77.9 Å². The van der Waals surface area contributed by atoms with E-state index in [1.807, 2.05) is 12.1 Å². The van der Waals surface area contributed by atoms with E-state index in [4.69, 9.17) is 4.52 Å². The highest BCUT2D eigenvalue weighted by Gasteiger charge is 2.20. The van der Waals surface area contributed by atoms with Crippen LogP contribution in [-0.4, -0.2) is 20.5 Å². The molecule has 140 valence electrons. The molecule has 0 amide bonds. The molecule has 0 spiro atoms. The van der Waals surface area contributed by atoms with Crippen molar-refractivity contribution >= 4 is 5.78 Å². The number of halogens is 2. The summed E-state index contributed by atoms with van der Waals surface area (Å²) in [5, 5.41) is 4.00. The molecule has 2 aromatic carbocycles. The quantitative estimate of drug-likeness (QED) is 0.469. The predicted octanol–water partition coefficient (Wildman–Crippen LogP) is 4.98. The third kappa shape index (κ3) is 3.11. The Labute approximate surface area is 159 Å². The van der Waals surface area contributed by atoms with E-state index in [-0.39, 0.29) is 5.78 Å². The fourth-order valence-electron chi connectivity index (χ4n) is 2.98. The van der Waals surface area contributed by atoms with Crippen LogP contribution < -0.4 is 0 Å². The first-order chi connectivity index (χ1) is 13.4. The van der Waals surface area contributed by atoms with E-state index in [9.17, 15) is 13.6 Å². The Hall–Kier alpha value is -3.61. The first kappa shape index (κ1) is 17.8. The minimum Gasteiger partial charge on any atom is -0.360 e. The first-order valence-electron chi connectivity index (χ1n) is 8.51. The average molecular weight is 379 g/mol. The largest absolute Gasteiger partial charge is 0.360 e. The smallest absolute Gasteiger partial charge is 0.159 e. The lowest BCUT2D eigenvalue weighted by molar-refractivity contribution is 0.101. The summed E-state index contributed by atoms with van der Waals surface area (Å²) in [6.07, 6.45) is 3.41. The van der Waals surface area contributed by atoms with E-state index in [2.05, 4.69) is 10.1 Å². The Morgan fingerprint density at radius 3 is 2.50 bits per heavy atom. The zero-order valence-electron chi connectivity index (χ0n) is 15.1. The van der Waals surface area contributed by atoms with Crippen LogP contribution in [0.1, 0.15) is 23.0 Å². The van der Waals surface area contributed by atoms with Gasteiger partial charge in [-0.2, -0.15) is 0 Å². The summed E-state index contributed by atoms with van der Waals surface area (Å²) >= 11 is 0. The van der Waals surface area contributed by atoms with E-state index < -0.39 is 11.6 Å². The van der Waals surface area contributed by atoms with Gasteiger partial charge in [0.2, 0.25) is 0 Å². The number of aryl methyl sites for hydroxylation is 1. The van der Waals surface area contributed by atoms with E-state index in [1.54, 1.807) is 36.1 Å². The summed E-state index contributed by atoms with van der Waals surface area (Å²) in [6.45, 7) is 3.24. The molecule has 0 unspecified atom stereocenters. The zero-order valence-corrected chi connectivity index (χ0v) is 15.1. The Morgan fingerprint density at radius 1 is 1.07 bits per heavy atom. The molecule has 28 heavy (non-hydrogen) atoms. The number of ketones is 1. The number of imidazole rings is 1. The highest BCUT2D eigenvalue weighted by molar-refractivity contribution is 5.94. The molecule has 5 nitrogen and oxygen atoms in total. The summed E-state index contributed by atoms with van der Waals surface area (Å²) < 4.78 is 34.0. The third-order valence-electron chi connectivity index (χ3n) is 4.47. The van der Waals surface area contributed by atoms with Gasteiger partial charge in [0.15, 0.2) is 17.4 Å². The molecule has 0 N–H and O–H groups in total. The molecular formula is C21H15F2N3O2. The number of rotatable bonds is 4. The summed E-state index contributed by atoms with van der Waals surface area (Å²) in [6, 6.07) is 10.7. The van der Waals surface area contributed by atoms with Crippen LogP contribution in [0.2, 0.25) is 0 Å². The lowest BCUT2D eigenvalue weighted by Crippen LogP contribution is -1.94.